The molecule has 2 aromatic heterocycles. The van der Waals surface area contributed by atoms with Crippen LogP contribution in [0.4, 0.5) is 5.13 Å². The van der Waals surface area contributed by atoms with Crippen LogP contribution in [-0.2, 0) is 9.59 Å². The van der Waals surface area contributed by atoms with Crippen LogP contribution in [0.2, 0.25) is 0 Å². The first-order chi connectivity index (χ1) is 14.8. The minimum absolute atomic E-state index is 0.0128. The Morgan fingerprint density at radius 1 is 1.10 bits per heavy atom. The number of thiazole rings is 1. The number of nitrogens with zero attached hydrogens (tertiary/aromatic N) is 3. The molecule has 31 heavy (non-hydrogen) atoms. The summed E-state index contributed by atoms with van der Waals surface area (Å²) in [5, 5.41) is 20.8. The third kappa shape index (κ3) is 3.49. The SMILES string of the molecule is CC(=O)c1sc(N2C(=O)C(=O)C(=C(O)c3ccncc3)C2c2ccc(O)cc2)nc1C. The zero-order valence-corrected chi connectivity index (χ0v) is 17.4. The lowest BCUT2D eigenvalue weighted by Gasteiger charge is -2.23. The minimum Gasteiger partial charge on any atom is -0.508 e. The number of aromatic nitrogens is 2. The number of carbonyl (C=O) groups excluding carboxylic acids is 3. The van der Waals surface area contributed by atoms with E-state index in [-0.39, 0.29) is 28.0 Å². The second-order valence-corrected chi connectivity index (χ2v) is 7.94. The number of hydrogen-bond donors (Lipinski definition) is 2. The van der Waals surface area contributed by atoms with Crippen molar-refractivity contribution in [3.63, 3.8) is 0 Å². The van der Waals surface area contributed by atoms with Crippen LogP contribution in [0, 0.1) is 6.92 Å². The van der Waals surface area contributed by atoms with E-state index in [1.165, 1.54) is 48.5 Å². The zero-order valence-electron chi connectivity index (χ0n) is 16.6. The number of aromatic hydroxyl groups is 1. The van der Waals surface area contributed by atoms with Crippen molar-refractivity contribution in [3.05, 3.63) is 76.1 Å². The van der Waals surface area contributed by atoms with Crippen molar-refractivity contribution in [2.75, 3.05) is 4.90 Å². The molecule has 1 atom stereocenters. The van der Waals surface area contributed by atoms with Crippen molar-refractivity contribution >= 4 is 39.7 Å². The molecule has 0 spiro atoms. The Hall–Kier alpha value is -3.85. The molecule has 3 aromatic rings. The smallest absolute Gasteiger partial charge is 0.301 e. The van der Waals surface area contributed by atoms with Gasteiger partial charge in [0.15, 0.2) is 10.9 Å². The molecule has 0 radical (unpaired) electrons. The molecule has 1 aromatic carbocycles. The number of Topliss-reactive ketones (excluding diaryl/α,β-unsaturated/α-hetero) is 2. The second-order valence-electron chi connectivity index (χ2n) is 6.96. The van der Waals surface area contributed by atoms with Crippen LogP contribution in [0.3, 0.4) is 0 Å². The number of pyridine rings is 1. The molecule has 3 heterocycles. The van der Waals surface area contributed by atoms with Crippen LogP contribution >= 0.6 is 11.3 Å². The highest BCUT2D eigenvalue weighted by Gasteiger charge is 2.48. The summed E-state index contributed by atoms with van der Waals surface area (Å²) in [5.41, 5.74) is 1.16. The molecule has 1 unspecified atom stereocenters. The van der Waals surface area contributed by atoms with E-state index in [0.717, 1.165) is 11.3 Å². The molecular weight excluding hydrogens is 418 g/mol. The monoisotopic (exact) mass is 435 g/mol. The van der Waals surface area contributed by atoms with E-state index in [1.54, 1.807) is 19.1 Å². The van der Waals surface area contributed by atoms with Crippen molar-refractivity contribution < 1.29 is 24.6 Å². The Labute approximate surface area is 181 Å². The first-order valence-corrected chi connectivity index (χ1v) is 10.1. The number of phenolic OH excluding ortho intramolecular Hbond substituents is 1. The summed E-state index contributed by atoms with van der Waals surface area (Å²) >= 11 is 1.01. The van der Waals surface area contributed by atoms with Crippen LogP contribution in [0.15, 0.2) is 54.4 Å². The first kappa shape index (κ1) is 20.4. The second kappa shape index (κ2) is 7.77. The largest absolute Gasteiger partial charge is 0.508 e. The van der Waals surface area contributed by atoms with E-state index < -0.39 is 17.7 Å². The van der Waals surface area contributed by atoms with Gasteiger partial charge in [-0.2, -0.15) is 0 Å². The lowest BCUT2D eigenvalue weighted by Crippen LogP contribution is -2.29. The van der Waals surface area contributed by atoms with Crippen LogP contribution in [0.5, 0.6) is 5.75 Å². The number of ketones is 2. The lowest BCUT2D eigenvalue weighted by atomic mass is 9.95. The third-order valence-electron chi connectivity index (χ3n) is 4.92. The number of phenols is 1. The van der Waals surface area contributed by atoms with Gasteiger partial charge in [0.05, 0.1) is 22.2 Å². The van der Waals surface area contributed by atoms with Gasteiger partial charge in [-0.3, -0.25) is 24.3 Å². The number of amides is 1. The highest BCUT2D eigenvalue weighted by atomic mass is 32.1. The third-order valence-corrected chi connectivity index (χ3v) is 6.18. The fraction of sp³-hybridized carbons (Fsp3) is 0.136. The lowest BCUT2D eigenvalue weighted by molar-refractivity contribution is -0.132. The van der Waals surface area contributed by atoms with Gasteiger partial charge < -0.3 is 10.2 Å². The quantitative estimate of drug-likeness (QED) is 0.279. The molecule has 1 saturated heterocycles. The van der Waals surface area contributed by atoms with Gasteiger partial charge in [-0.25, -0.2) is 4.98 Å². The van der Waals surface area contributed by atoms with Gasteiger partial charge in [0.25, 0.3) is 5.78 Å². The molecular formula is C22H17N3O5S. The number of rotatable bonds is 4. The van der Waals surface area contributed by atoms with Gasteiger partial charge in [0.1, 0.15) is 11.5 Å². The molecule has 0 aliphatic carbocycles. The van der Waals surface area contributed by atoms with E-state index in [9.17, 15) is 24.6 Å². The molecule has 1 aliphatic heterocycles. The topological polar surface area (TPSA) is 121 Å². The summed E-state index contributed by atoms with van der Waals surface area (Å²) in [5.74, 6) is -2.27. The van der Waals surface area contributed by atoms with E-state index in [2.05, 4.69) is 9.97 Å². The Balaban J connectivity index is 1.95. The van der Waals surface area contributed by atoms with Crippen LogP contribution in [0.25, 0.3) is 5.76 Å². The highest BCUT2D eigenvalue weighted by molar-refractivity contribution is 7.18. The number of hydrogen-bond acceptors (Lipinski definition) is 8. The number of anilines is 1. The van der Waals surface area contributed by atoms with Crippen molar-refractivity contribution in [3.8, 4) is 5.75 Å². The maximum Gasteiger partial charge on any atom is 0.301 e. The molecule has 1 aliphatic rings. The van der Waals surface area contributed by atoms with Crippen LogP contribution in [0.1, 0.15) is 39.5 Å². The highest BCUT2D eigenvalue weighted by Crippen LogP contribution is 2.44. The first-order valence-electron chi connectivity index (χ1n) is 9.28. The molecule has 0 bridgehead atoms. The van der Waals surface area contributed by atoms with Crippen LogP contribution < -0.4 is 4.90 Å². The van der Waals surface area contributed by atoms with Gasteiger partial charge in [-0.1, -0.05) is 23.5 Å². The van der Waals surface area contributed by atoms with Gasteiger partial charge in [0, 0.05) is 24.9 Å². The average molecular weight is 435 g/mol. The minimum atomic E-state index is -0.987. The Kier molecular flexibility index (Phi) is 5.12. The van der Waals surface area contributed by atoms with Gasteiger partial charge in [-0.05, 0) is 36.8 Å². The van der Waals surface area contributed by atoms with Crippen molar-refractivity contribution in [1.82, 2.24) is 9.97 Å². The summed E-state index contributed by atoms with van der Waals surface area (Å²) in [6, 6.07) is 8.04. The van der Waals surface area contributed by atoms with E-state index in [1.807, 2.05) is 0 Å². The van der Waals surface area contributed by atoms with Gasteiger partial charge in [0.2, 0.25) is 0 Å². The molecule has 156 valence electrons. The van der Waals surface area contributed by atoms with E-state index in [4.69, 9.17) is 0 Å². The van der Waals surface area contributed by atoms with Crippen LogP contribution in [-0.4, -0.2) is 37.7 Å². The Bertz CT molecular complexity index is 1230. The standard InChI is InChI=1S/C22H17N3O5S/c1-11-20(12(2)26)31-22(24-11)25-17(13-3-5-15(27)6-4-13)16(19(29)21(25)30)18(28)14-7-9-23-10-8-14/h3-10,17,27-28H,1-2H3. The van der Waals surface area contributed by atoms with E-state index >= 15 is 0 Å². The summed E-state index contributed by atoms with van der Waals surface area (Å²) < 4.78 is 0. The molecule has 1 amide bonds. The van der Waals surface area contributed by atoms with Gasteiger partial charge >= 0.3 is 5.91 Å². The summed E-state index contributed by atoms with van der Waals surface area (Å²) in [6.07, 6.45) is 2.92. The zero-order chi connectivity index (χ0) is 22.3. The predicted octanol–water partition coefficient (Wildman–Crippen LogP) is 3.38. The predicted molar refractivity (Wildman–Crippen MR) is 114 cm³/mol. The van der Waals surface area contributed by atoms with Crippen molar-refractivity contribution in [2.24, 2.45) is 0 Å². The number of aliphatic hydroxyl groups excluding tert-OH is 1. The maximum atomic E-state index is 13.0. The normalized spacial score (nSPS) is 17.9. The fourth-order valence-corrected chi connectivity index (χ4v) is 4.47. The number of benzene rings is 1. The van der Waals surface area contributed by atoms with E-state index in [0.29, 0.717) is 21.7 Å². The Morgan fingerprint density at radius 2 is 1.74 bits per heavy atom. The number of carbonyl (C=O) groups is 3. The summed E-state index contributed by atoms with van der Waals surface area (Å²) in [7, 11) is 0. The average Bonchev–Trinajstić information content (AvgIpc) is 3.26. The van der Waals surface area contributed by atoms with Crippen molar-refractivity contribution in [2.45, 2.75) is 19.9 Å². The molecule has 2 N–H and O–H groups in total. The summed E-state index contributed by atoms with van der Waals surface area (Å²) in [4.78, 5) is 47.8. The summed E-state index contributed by atoms with van der Waals surface area (Å²) in [6.45, 7) is 3.05. The molecule has 9 heteroatoms. The van der Waals surface area contributed by atoms with Gasteiger partial charge in [-0.15, -0.1) is 0 Å². The fourth-order valence-electron chi connectivity index (χ4n) is 3.48. The molecule has 1 fully saturated rings. The maximum absolute atomic E-state index is 13.0. The Morgan fingerprint density at radius 3 is 2.32 bits per heavy atom. The number of aryl methyl sites for hydroxylation is 1. The van der Waals surface area contributed by atoms with Crippen molar-refractivity contribution in [1.29, 1.82) is 0 Å². The molecule has 0 saturated carbocycles. The number of aliphatic hydroxyl groups is 1. The molecule has 4 rings (SSSR count). The molecule has 8 nitrogen and oxygen atoms in total.